The van der Waals surface area contributed by atoms with E-state index in [-0.39, 0.29) is 10.1 Å². The molecule has 3 rings (SSSR count). The number of nitrogens with zero attached hydrogens (tertiary/aromatic N) is 2. The van der Waals surface area contributed by atoms with Crippen LogP contribution in [0.25, 0.3) is 6.08 Å². The number of carboxylic acid groups (broad SMARTS) is 1. The van der Waals surface area contributed by atoms with Crippen molar-refractivity contribution in [3.63, 3.8) is 0 Å². The molecule has 0 aliphatic rings. The van der Waals surface area contributed by atoms with E-state index in [4.69, 9.17) is 20.8 Å². The number of thioether (sulfide) groups is 1. The van der Waals surface area contributed by atoms with Gasteiger partial charge in [-0.2, -0.15) is 0 Å². The Morgan fingerprint density at radius 3 is 2.48 bits per heavy atom. The number of benzene rings is 2. The van der Waals surface area contributed by atoms with Crippen LogP contribution in [0.15, 0.2) is 63.1 Å². The Bertz CT molecular complexity index is 953. The van der Waals surface area contributed by atoms with Crippen molar-refractivity contribution in [3.8, 4) is 5.75 Å². The molecule has 1 heterocycles. The molecular weight excluding hydrogens is 388 g/mol. The minimum Gasteiger partial charge on any atom is -0.489 e. The SMILES string of the molecule is Cc1nnc(S/C(=C\c2ccc(OCc3ccc(Cl)cc3)cc2)C(=O)O)o1. The summed E-state index contributed by atoms with van der Waals surface area (Å²) in [6.07, 6.45) is 1.54. The van der Waals surface area contributed by atoms with Gasteiger partial charge in [-0.15, -0.1) is 10.2 Å². The van der Waals surface area contributed by atoms with Crippen molar-refractivity contribution in [2.75, 3.05) is 0 Å². The molecule has 2 aromatic carbocycles. The lowest BCUT2D eigenvalue weighted by Gasteiger charge is -2.07. The number of hydrogen-bond acceptors (Lipinski definition) is 6. The third-order valence-electron chi connectivity index (χ3n) is 3.41. The van der Waals surface area contributed by atoms with E-state index >= 15 is 0 Å². The van der Waals surface area contributed by atoms with Crippen molar-refractivity contribution in [2.24, 2.45) is 0 Å². The van der Waals surface area contributed by atoms with E-state index in [0.29, 0.717) is 23.3 Å². The average molecular weight is 403 g/mol. The van der Waals surface area contributed by atoms with Gasteiger partial charge in [0.1, 0.15) is 17.3 Å². The minimum absolute atomic E-state index is 0.0773. The molecule has 27 heavy (non-hydrogen) atoms. The Morgan fingerprint density at radius 2 is 1.89 bits per heavy atom. The molecule has 0 aliphatic heterocycles. The molecule has 0 aliphatic carbocycles. The first-order valence-electron chi connectivity index (χ1n) is 7.90. The Balaban J connectivity index is 1.66. The second-order valence-corrected chi connectivity index (χ2v) is 6.92. The highest BCUT2D eigenvalue weighted by atomic mass is 35.5. The first-order valence-corrected chi connectivity index (χ1v) is 9.09. The summed E-state index contributed by atoms with van der Waals surface area (Å²) in [6, 6.07) is 14.5. The number of aliphatic carboxylic acids is 1. The standard InChI is InChI=1S/C19H15ClN2O4S/c1-12-21-22-19(26-12)27-17(18(23)24)10-13-4-8-16(9-5-13)25-11-14-2-6-15(20)7-3-14/h2-10H,11H2,1H3,(H,23,24)/b17-10-. The summed E-state index contributed by atoms with van der Waals surface area (Å²) in [5, 5.41) is 17.7. The van der Waals surface area contributed by atoms with Crippen LogP contribution >= 0.6 is 23.4 Å². The van der Waals surface area contributed by atoms with Crippen molar-refractivity contribution >= 4 is 35.4 Å². The van der Waals surface area contributed by atoms with Gasteiger partial charge in [-0.1, -0.05) is 35.9 Å². The summed E-state index contributed by atoms with van der Waals surface area (Å²) < 4.78 is 10.9. The van der Waals surface area contributed by atoms with Gasteiger partial charge < -0.3 is 14.3 Å². The van der Waals surface area contributed by atoms with Crippen molar-refractivity contribution < 1.29 is 19.1 Å². The topological polar surface area (TPSA) is 85.5 Å². The molecule has 0 amide bonds. The largest absolute Gasteiger partial charge is 0.489 e. The number of ether oxygens (including phenoxy) is 1. The lowest BCUT2D eigenvalue weighted by molar-refractivity contribution is -0.131. The molecule has 0 atom stereocenters. The number of aryl methyl sites for hydroxylation is 1. The quantitative estimate of drug-likeness (QED) is 0.447. The van der Waals surface area contributed by atoms with Crippen molar-refractivity contribution in [1.29, 1.82) is 0 Å². The predicted molar refractivity (Wildman–Crippen MR) is 103 cm³/mol. The third kappa shape index (κ3) is 5.60. The fourth-order valence-electron chi connectivity index (χ4n) is 2.11. The lowest BCUT2D eigenvalue weighted by Crippen LogP contribution is -1.97. The molecule has 0 bridgehead atoms. The first kappa shape index (κ1) is 19.0. The number of aromatic nitrogens is 2. The van der Waals surface area contributed by atoms with Crippen LogP contribution in [0.5, 0.6) is 5.75 Å². The molecule has 3 aromatic rings. The second kappa shape index (κ2) is 8.75. The minimum atomic E-state index is -1.07. The number of carbonyl (C=O) groups is 1. The molecule has 138 valence electrons. The Hall–Kier alpha value is -2.77. The highest BCUT2D eigenvalue weighted by molar-refractivity contribution is 8.03. The van der Waals surface area contributed by atoms with Crippen LogP contribution in [0.3, 0.4) is 0 Å². The molecule has 1 aromatic heterocycles. The van der Waals surface area contributed by atoms with E-state index in [1.165, 1.54) is 6.08 Å². The highest BCUT2D eigenvalue weighted by Crippen LogP contribution is 2.28. The zero-order chi connectivity index (χ0) is 19.2. The van der Waals surface area contributed by atoms with Gasteiger partial charge in [-0.3, -0.25) is 0 Å². The molecule has 1 N–H and O–H groups in total. The summed E-state index contributed by atoms with van der Waals surface area (Å²) in [7, 11) is 0. The van der Waals surface area contributed by atoms with E-state index < -0.39 is 5.97 Å². The number of halogens is 1. The summed E-state index contributed by atoms with van der Waals surface area (Å²) in [5.74, 6) is -0.0116. The van der Waals surface area contributed by atoms with E-state index in [2.05, 4.69) is 10.2 Å². The smallest absolute Gasteiger partial charge is 0.342 e. The third-order valence-corrected chi connectivity index (χ3v) is 4.52. The zero-order valence-corrected chi connectivity index (χ0v) is 15.8. The molecule has 0 saturated heterocycles. The Labute approximate surface area is 164 Å². The monoisotopic (exact) mass is 402 g/mol. The average Bonchev–Trinajstić information content (AvgIpc) is 3.06. The van der Waals surface area contributed by atoms with Gasteiger partial charge in [0.25, 0.3) is 5.22 Å². The van der Waals surface area contributed by atoms with E-state index in [1.807, 2.05) is 24.3 Å². The second-order valence-electron chi connectivity index (χ2n) is 5.49. The van der Waals surface area contributed by atoms with Gasteiger partial charge in [-0.05, 0) is 53.2 Å². The van der Waals surface area contributed by atoms with Gasteiger partial charge in [0, 0.05) is 11.9 Å². The molecular formula is C19H15ClN2O4S. The zero-order valence-electron chi connectivity index (χ0n) is 14.3. The van der Waals surface area contributed by atoms with Crippen LogP contribution in [-0.4, -0.2) is 21.3 Å². The maximum absolute atomic E-state index is 11.5. The maximum Gasteiger partial charge on any atom is 0.342 e. The lowest BCUT2D eigenvalue weighted by atomic mass is 10.2. The predicted octanol–water partition coefficient (Wildman–Crippen LogP) is 4.83. The van der Waals surface area contributed by atoms with Crippen LogP contribution < -0.4 is 4.74 Å². The van der Waals surface area contributed by atoms with Gasteiger partial charge >= 0.3 is 5.97 Å². The summed E-state index contributed by atoms with van der Waals surface area (Å²) in [6.45, 7) is 2.06. The molecule has 6 nitrogen and oxygen atoms in total. The molecule has 8 heteroatoms. The molecule has 0 radical (unpaired) electrons. The number of carboxylic acids is 1. The maximum atomic E-state index is 11.5. The molecule has 0 saturated carbocycles. The fraction of sp³-hybridized carbons (Fsp3) is 0.105. The van der Waals surface area contributed by atoms with Crippen molar-refractivity contribution in [2.45, 2.75) is 18.8 Å². The van der Waals surface area contributed by atoms with Crippen LogP contribution in [0, 0.1) is 6.92 Å². The Morgan fingerprint density at radius 1 is 1.19 bits per heavy atom. The first-order chi connectivity index (χ1) is 13.0. The van der Waals surface area contributed by atoms with Crippen LogP contribution in [0.2, 0.25) is 5.02 Å². The van der Waals surface area contributed by atoms with Gasteiger partial charge in [-0.25, -0.2) is 4.79 Å². The van der Waals surface area contributed by atoms with E-state index in [0.717, 1.165) is 22.9 Å². The number of hydrogen-bond donors (Lipinski definition) is 1. The van der Waals surface area contributed by atoms with E-state index in [1.54, 1.807) is 31.2 Å². The van der Waals surface area contributed by atoms with Crippen LogP contribution in [-0.2, 0) is 11.4 Å². The van der Waals surface area contributed by atoms with Crippen molar-refractivity contribution in [1.82, 2.24) is 10.2 Å². The highest BCUT2D eigenvalue weighted by Gasteiger charge is 2.14. The summed E-state index contributed by atoms with van der Waals surface area (Å²) in [4.78, 5) is 11.5. The Kier molecular flexibility index (Phi) is 6.16. The molecule has 0 unspecified atom stereocenters. The van der Waals surface area contributed by atoms with Gasteiger partial charge in [0.15, 0.2) is 0 Å². The van der Waals surface area contributed by atoms with Crippen LogP contribution in [0.4, 0.5) is 0 Å². The number of rotatable bonds is 7. The van der Waals surface area contributed by atoms with Crippen LogP contribution in [0.1, 0.15) is 17.0 Å². The molecule has 0 spiro atoms. The van der Waals surface area contributed by atoms with Crippen molar-refractivity contribution in [3.05, 3.63) is 75.5 Å². The molecule has 0 fully saturated rings. The van der Waals surface area contributed by atoms with Gasteiger partial charge in [0.05, 0.1) is 0 Å². The normalized spacial score (nSPS) is 11.4. The summed E-state index contributed by atoms with van der Waals surface area (Å²) >= 11 is 6.76. The van der Waals surface area contributed by atoms with E-state index in [9.17, 15) is 9.90 Å². The van der Waals surface area contributed by atoms with Gasteiger partial charge in [0.2, 0.25) is 5.89 Å². The fourth-order valence-corrected chi connectivity index (χ4v) is 2.95. The summed E-state index contributed by atoms with van der Waals surface area (Å²) in [5.41, 5.74) is 1.72.